The molecule has 2 aromatic rings. The first-order valence-corrected chi connectivity index (χ1v) is 11.1. The maximum Gasteiger partial charge on any atom is 0.410 e. The van der Waals surface area contributed by atoms with E-state index in [4.69, 9.17) is 5.73 Å². The minimum atomic E-state index is -4.75. The first kappa shape index (κ1) is 24.0. The molecule has 2 saturated carbocycles. The summed E-state index contributed by atoms with van der Waals surface area (Å²) in [6, 6.07) is -4.00. The number of hydrogen-bond acceptors (Lipinski definition) is 5. The maximum absolute atomic E-state index is 14.0. The van der Waals surface area contributed by atoms with Crippen LogP contribution in [0.2, 0.25) is 0 Å². The lowest BCUT2D eigenvalue weighted by Gasteiger charge is -2.51. The quantitative estimate of drug-likeness (QED) is 0.615. The highest BCUT2D eigenvalue weighted by molar-refractivity contribution is 5.78. The standard InChI is InChI=1S/C20H22F7N7O/c21-18(22)3-1-10(2-4-18)14(28)11-6-34-15(30-11)31-12(5-29-34)17(8-19(23,24)9-17)33-7-13(20(25,26)27)32-16(33)35/h5-6,10,13-14H,1-4,7-9,28H2,(H,32,35)/t13?,14-/m0/s1. The summed E-state index contributed by atoms with van der Waals surface area (Å²) in [5, 5.41) is 5.89. The Morgan fingerprint density at radius 2 is 1.74 bits per heavy atom. The summed E-state index contributed by atoms with van der Waals surface area (Å²) in [5.41, 5.74) is 4.67. The fourth-order valence-electron chi connectivity index (χ4n) is 5.25. The molecule has 3 aliphatic rings. The zero-order valence-corrected chi connectivity index (χ0v) is 18.2. The maximum atomic E-state index is 14.0. The van der Waals surface area contributed by atoms with E-state index in [0.29, 0.717) is 5.69 Å². The minimum absolute atomic E-state index is 0.0457. The molecular formula is C20H22F7N7O. The molecule has 0 radical (unpaired) electrons. The fraction of sp³-hybridized carbons (Fsp3) is 0.700. The highest BCUT2D eigenvalue weighted by atomic mass is 19.4. The van der Waals surface area contributed by atoms with Gasteiger partial charge in [-0.1, -0.05) is 0 Å². The van der Waals surface area contributed by atoms with Crippen LogP contribution >= 0.6 is 0 Å². The topological polar surface area (TPSA) is 101 Å². The number of halogens is 7. The zero-order chi connectivity index (χ0) is 25.4. The summed E-state index contributed by atoms with van der Waals surface area (Å²) in [6.07, 6.45) is -4.15. The Kier molecular flexibility index (Phi) is 5.24. The predicted octanol–water partition coefficient (Wildman–Crippen LogP) is 3.53. The molecule has 8 nitrogen and oxygen atoms in total. The largest absolute Gasteiger partial charge is 0.410 e. The number of nitrogens with zero attached hydrogens (tertiary/aromatic N) is 5. The predicted molar refractivity (Wildman–Crippen MR) is 106 cm³/mol. The van der Waals surface area contributed by atoms with Gasteiger partial charge in [-0.05, 0) is 18.8 Å². The van der Waals surface area contributed by atoms with Crippen molar-refractivity contribution in [1.29, 1.82) is 0 Å². The Morgan fingerprint density at radius 1 is 1.09 bits per heavy atom. The van der Waals surface area contributed by atoms with Crippen molar-refractivity contribution < 1.29 is 35.5 Å². The van der Waals surface area contributed by atoms with Crippen LogP contribution in [0, 0.1) is 5.92 Å². The Morgan fingerprint density at radius 3 is 2.31 bits per heavy atom. The zero-order valence-electron chi connectivity index (χ0n) is 18.2. The molecule has 0 spiro atoms. The molecule has 3 fully saturated rings. The van der Waals surface area contributed by atoms with E-state index in [0.717, 1.165) is 11.1 Å². The number of carbonyl (C=O) groups is 1. The van der Waals surface area contributed by atoms with Crippen molar-refractivity contribution in [2.45, 2.75) is 74.2 Å². The van der Waals surface area contributed by atoms with E-state index in [-0.39, 0.29) is 43.1 Å². The van der Waals surface area contributed by atoms with E-state index in [9.17, 15) is 35.5 Å². The normalized spacial score (nSPS) is 27.0. The molecule has 35 heavy (non-hydrogen) atoms. The van der Waals surface area contributed by atoms with Gasteiger partial charge in [0.1, 0.15) is 11.6 Å². The number of fused-ring (bicyclic) bond motifs is 1. The second kappa shape index (κ2) is 7.64. The van der Waals surface area contributed by atoms with Gasteiger partial charge in [0.2, 0.25) is 5.92 Å². The number of carbonyl (C=O) groups excluding carboxylic acids is 1. The van der Waals surface area contributed by atoms with Crippen LogP contribution in [0.1, 0.15) is 56.0 Å². The van der Waals surface area contributed by atoms with Crippen molar-refractivity contribution >= 4 is 11.8 Å². The third-order valence-corrected chi connectivity index (χ3v) is 7.22. The molecule has 0 bridgehead atoms. The number of hydrogen-bond donors (Lipinski definition) is 2. The number of urea groups is 1. The summed E-state index contributed by atoms with van der Waals surface area (Å²) in [6.45, 7) is -0.845. The number of nitrogens with two attached hydrogens (primary N) is 1. The second-order valence-corrected chi connectivity index (χ2v) is 9.67. The molecule has 15 heteroatoms. The van der Waals surface area contributed by atoms with Gasteiger partial charge < -0.3 is 16.0 Å². The fourth-order valence-corrected chi connectivity index (χ4v) is 5.25. The van der Waals surface area contributed by atoms with Gasteiger partial charge in [0.25, 0.3) is 11.7 Å². The molecule has 2 amide bonds. The van der Waals surface area contributed by atoms with Gasteiger partial charge in [-0.2, -0.15) is 18.3 Å². The number of amides is 2. The summed E-state index contributed by atoms with van der Waals surface area (Å²) >= 11 is 0. The Balaban J connectivity index is 1.43. The first-order valence-electron chi connectivity index (χ1n) is 11.1. The van der Waals surface area contributed by atoms with Crippen molar-refractivity contribution in [3.05, 3.63) is 23.8 Å². The van der Waals surface area contributed by atoms with Crippen molar-refractivity contribution in [1.82, 2.24) is 29.8 Å². The highest BCUT2D eigenvalue weighted by Crippen LogP contribution is 2.55. The van der Waals surface area contributed by atoms with E-state index >= 15 is 0 Å². The minimum Gasteiger partial charge on any atom is -0.324 e. The number of nitrogens with one attached hydrogen (secondary N) is 1. The average molecular weight is 509 g/mol. The molecule has 1 aliphatic heterocycles. The number of alkyl halides is 7. The van der Waals surface area contributed by atoms with Crippen LogP contribution in [-0.2, 0) is 5.54 Å². The molecule has 5 rings (SSSR count). The monoisotopic (exact) mass is 509 g/mol. The molecule has 1 unspecified atom stereocenters. The van der Waals surface area contributed by atoms with Crippen molar-refractivity contribution in [3.63, 3.8) is 0 Å². The summed E-state index contributed by atoms with van der Waals surface area (Å²) in [4.78, 5) is 21.6. The van der Waals surface area contributed by atoms with Gasteiger partial charge in [-0.3, -0.25) is 0 Å². The number of aromatic nitrogens is 4. The smallest absolute Gasteiger partial charge is 0.324 e. The third kappa shape index (κ3) is 4.16. The molecule has 192 valence electrons. The number of imidazole rings is 1. The molecule has 3 N–H and O–H groups in total. The summed E-state index contributed by atoms with van der Waals surface area (Å²) in [5.74, 6) is -6.21. The SMILES string of the molecule is N[C@H](c1cn2ncc(C3(N4CC(C(F)(F)F)NC4=O)CC(F)(F)C3)nc2n1)C1CCC(F)(F)CC1. The van der Waals surface area contributed by atoms with E-state index in [1.165, 1.54) is 10.7 Å². The lowest BCUT2D eigenvalue weighted by atomic mass is 9.70. The van der Waals surface area contributed by atoms with Crippen LogP contribution in [-0.4, -0.2) is 61.1 Å². The van der Waals surface area contributed by atoms with Crippen molar-refractivity contribution in [3.8, 4) is 0 Å². The van der Waals surface area contributed by atoms with Crippen LogP contribution in [0.4, 0.5) is 35.5 Å². The molecule has 2 aromatic heterocycles. The first-order chi connectivity index (χ1) is 16.2. The van der Waals surface area contributed by atoms with Crippen LogP contribution in [0.25, 0.3) is 5.78 Å². The van der Waals surface area contributed by atoms with E-state index < -0.39 is 61.1 Å². The van der Waals surface area contributed by atoms with E-state index in [1.54, 1.807) is 5.32 Å². The Bertz CT molecular complexity index is 1130. The lowest BCUT2D eigenvalue weighted by Crippen LogP contribution is -2.61. The summed E-state index contributed by atoms with van der Waals surface area (Å²) < 4.78 is 95.7. The van der Waals surface area contributed by atoms with Gasteiger partial charge in [-0.25, -0.2) is 36.8 Å². The van der Waals surface area contributed by atoms with Crippen LogP contribution in [0.15, 0.2) is 12.4 Å². The van der Waals surface area contributed by atoms with Gasteiger partial charge in [0, 0.05) is 25.7 Å². The van der Waals surface area contributed by atoms with Gasteiger partial charge >= 0.3 is 12.2 Å². The number of rotatable bonds is 4. The Labute approximate surface area is 194 Å². The van der Waals surface area contributed by atoms with Gasteiger partial charge in [-0.15, -0.1) is 0 Å². The van der Waals surface area contributed by atoms with E-state index in [2.05, 4.69) is 15.1 Å². The third-order valence-electron chi connectivity index (χ3n) is 7.22. The molecule has 1 saturated heterocycles. The van der Waals surface area contributed by atoms with Gasteiger partial charge in [0.15, 0.2) is 0 Å². The molecule has 2 aliphatic carbocycles. The molecule has 3 heterocycles. The molecule has 0 aromatic carbocycles. The molecule has 2 atom stereocenters. The van der Waals surface area contributed by atoms with Gasteiger partial charge in [0.05, 0.1) is 36.4 Å². The van der Waals surface area contributed by atoms with Crippen LogP contribution in [0.3, 0.4) is 0 Å². The molecular weight excluding hydrogens is 487 g/mol. The second-order valence-electron chi connectivity index (χ2n) is 9.67. The van der Waals surface area contributed by atoms with E-state index in [1.807, 2.05) is 0 Å². The lowest BCUT2D eigenvalue weighted by molar-refractivity contribution is -0.177. The van der Waals surface area contributed by atoms with Crippen molar-refractivity contribution in [2.24, 2.45) is 11.7 Å². The van der Waals surface area contributed by atoms with Crippen LogP contribution < -0.4 is 11.1 Å². The Hall–Kier alpha value is -2.71. The highest BCUT2D eigenvalue weighted by Gasteiger charge is 2.65. The van der Waals surface area contributed by atoms with Crippen molar-refractivity contribution in [2.75, 3.05) is 6.54 Å². The average Bonchev–Trinajstić information content (AvgIpc) is 3.34. The summed E-state index contributed by atoms with van der Waals surface area (Å²) in [7, 11) is 0. The van der Waals surface area contributed by atoms with Crippen LogP contribution in [0.5, 0.6) is 0 Å².